The predicted molar refractivity (Wildman–Crippen MR) is 152 cm³/mol. The van der Waals surface area contributed by atoms with Gasteiger partial charge < -0.3 is 14.5 Å². The van der Waals surface area contributed by atoms with Crippen molar-refractivity contribution in [1.82, 2.24) is 35.0 Å². The smallest absolute Gasteiger partial charge is 0.253 e. The van der Waals surface area contributed by atoms with Gasteiger partial charge in [-0.3, -0.25) is 14.6 Å². The number of ether oxygens (including phenoxy) is 2. The van der Waals surface area contributed by atoms with Crippen LogP contribution in [0.15, 0.2) is 53.3 Å². The molecule has 10 heteroatoms. The third-order valence-corrected chi connectivity index (χ3v) is 8.18. The second kappa shape index (κ2) is 11.9. The van der Waals surface area contributed by atoms with Gasteiger partial charge in [0.15, 0.2) is 5.82 Å². The topological polar surface area (TPSA) is 101 Å². The molecule has 10 nitrogen and oxygen atoms in total. The van der Waals surface area contributed by atoms with Crippen LogP contribution < -0.4 is 10.3 Å². The molecule has 1 N–H and O–H groups in total. The van der Waals surface area contributed by atoms with Crippen LogP contribution in [-0.2, 0) is 24.2 Å². The third-order valence-electron chi connectivity index (χ3n) is 8.18. The summed E-state index contributed by atoms with van der Waals surface area (Å²) in [7, 11) is 1.69. The van der Waals surface area contributed by atoms with E-state index in [1.165, 1.54) is 11.1 Å². The molecule has 40 heavy (non-hydrogen) atoms. The largest absolute Gasteiger partial charge is 0.497 e. The molecule has 2 aromatic heterocycles. The first-order valence-electron chi connectivity index (χ1n) is 14.2. The van der Waals surface area contributed by atoms with Crippen LogP contribution in [0.1, 0.15) is 48.3 Å². The first-order valence-corrected chi connectivity index (χ1v) is 14.2. The van der Waals surface area contributed by atoms with Crippen molar-refractivity contribution in [3.05, 3.63) is 81.4 Å². The summed E-state index contributed by atoms with van der Waals surface area (Å²) < 4.78 is 13.0. The molecule has 2 saturated heterocycles. The minimum Gasteiger partial charge on any atom is -0.497 e. The second-order valence-electron chi connectivity index (χ2n) is 10.7. The number of hydrogen-bond acceptors (Lipinski definition) is 8. The average molecular weight is 544 g/mol. The number of aromatic nitrogens is 5. The van der Waals surface area contributed by atoms with Crippen LogP contribution in [0.3, 0.4) is 0 Å². The van der Waals surface area contributed by atoms with E-state index < -0.39 is 0 Å². The minimum absolute atomic E-state index is 0.0891. The second-order valence-corrected chi connectivity index (χ2v) is 10.7. The Bertz CT molecular complexity index is 1490. The molecule has 4 aromatic rings. The van der Waals surface area contributed by atoms with E-state index >= 15 is 0 Å². The number of H-pyrrole nitrogens is 1. The van der Waals surface area contributed by atoms with Gasteiger partial charge in [0, 0.05) is 50.4 Å². The fraction of sp³-hybridized carbons (Fsp3) is 0.467. The van der Waals surface area contributed by atoms with E-state index in [0.29, 0.717) is 17.9 Å². The molecule has 2 fully saturated rings. The lowest BCUT2D eigenvalue weighted by Gasteiger charge is -2.38. The number of aromatic amines is 1. The van der Waals surface area contributed by atoms with Crippen LogP contribution in [0, 0.1) is 0 Å². The van der Waals surface area contributed by atoms with E-state index in [2.05, 4.69) is 61.5 Å². The van der Waals surface area contributed by atoms with E-state index in [1.807, 2.05) is 28.9 Å². The van der Waals surface area contributed by atoms with Crippen LogP contribution in [-0.4, -0.2) is 81.0 Å². The van der Waals surface area contributed by atoms with Crippen molar-refractivity contribution in [3.8, 4) is 5.75 Å². The van der Waals surface area contributed by atoms with Crippen molar-refractivity contribution in [2.24, 2.45) is 0 Å². The minimum atomic E-state index is -0.363. The van der Waals surface area contributed by atoms with Gasteiger partial charge in [0.2, 0.25) is 0 Å². The fourth-order valence-corrected chi connectivity index (χ4v) is 5.88. The number of fused-ring (bicyclic) bond motifs is 1. The Kier molecular flexibility index (Phi) is 7.90. The summed E-state index contributed by atoms with van der Waals surface area (Å²) in [6.07, 6.45) is 3.06. The monoisotopic (exact) mass is 543 g/mol. The lowest BCUT2D eigenvalue weighted by molar-refractivity contribution is 0.0840. The van der Waals surface area contributed by atoms with Crippen molar-refractivity contribution < 1.29 is 9.47 Å². The number of hydrogen-bond donors (Lipinski definition) is 1. The first-order chi connectivity index (χ1) is 19.6. The Labute approximate surface area is 233 Å². The number of pyridine rings is 1. The molecule has 4 heterocycles. The molecule has 2 atom stereocenters. The van der Waals surface area contributed by atoms with Crippen molar-refractivity contribution in [3.63, 3.8) is 0 Å². The summed E-state index contributed by atoms with van der Waals surface area (Å²) in [4.78, 5) is 21.5. The standard InChI is InChI=1S/C30H37N7O3/c1-3-21-8-11-27-23(17-21)18-26(30(38)31-27)28(29-32-33-34-37(29)20-25-5-4-16-40-25)36-14-12-35(13-15-36)19-22-6-9-24(39-2)10-7-22/h6-11,17-18,25,28H,3-5,12-16,19-20H2,1-2H3,(H,31,38). The zero-order valence-electron chi connectivity index (χ0n) is 23.3. The van der Waals surface area contributed by atoms with Crippen LogP contribution in [0.25, 0.3) is 10.9 Å². The summed E-state index contributed by atoms with van der Waals surface area (Å²) in [5, 5.41) is 13.9. The highest BCUT2D eigenvalue weighted by Gasteiger charge is 2.33. The zero-order valence-corrected chi connectivity index (χ0v) is 23.3. The quantitative estimate of drug-likeness (QED) is 0.344. The Morgan fingerprint density at radius 1 is 1.07 bits per heavy atom. The molecular formula is C30H37N7O3. The molecule has 2 unspecified atom stereocenters. The van der Waals surface area contributed by atoms with Crippen molar-refractivity contribution in [1.29, 1.82) is 0 Å². The molecule has 0 saturated carbocycles. The zero-order chi connectivity index (χ0) is 27.5. The molecule has 0 spiro atoms. The van der Waals surface area contributed by atoms with E-state index in [-0.39, 0.29) is 17.7 Å². The van der Waals surface area contributed by atoms with Gasteiger partial charge in [-0.05, 0) is 76.5 Å². The van der Waals surface area contributed by atoms with Crippen molar-refractivity contribution >= 4 is 10.9 Å². The maximum Gasteiger partial charge on any atom is 0.253 e. The van der Waals surface area contributed by atoms with Gasteiger partial charge in [-0.25, -0.2) is 4.68 Å². The molecule has 2 aromatic carbocycles. The van der Waals surface area contributed by atoms with E-state index in [1.54, 1.807) is 7.11 Å². The SMILES string of the molecule is CCc1ccc2[nH]c(=O)c(C(c3nnnn3CC3CCCO3)N3CCN(Cc4ccc(OC)cc4)CC3)cc2c1. The predicted octanol–water partition coefficient (Wildman–Crippen LogP) is 3.17. The summed E-state index contributed by atoms with van der Waals surface area (Å²) >= 11 is 0. The number of methoxy groups -OCH3 is 1. The fourth-order valence-electron chi connectivity index (χ4n) is 5.88. The molecular weight excluding hydrogens is 506 g/mol. The molecule has 0 bridgehead atoms. The number of rotatable bonds is 9. The molecule has 2 aliphatic rings. The van der Waals surface area contributed by atoms with Crippen molar-refractivity contribution in [2.75, 3.05) is 39.9 Å². The molecule has 0 aliphatic carbocycles. The van der Waals surface area contributed by atoms with Crippen LogP contribution >= 0.6 is 0 Å². The Hall–Kier alpha value is -3.60. The van der Waals surface area contributed by atoms with Crippen molar-refractivity contribution in [2.45, 2.75) is 51.4 Å². The number of aryl methyl sites for hydroxylation is 1. The Morgan fingerprint density at radius 3 is 2.60 bits per heavy atom. The lowest BCUT2D eigenvalue weighted by atomic mass is 10.0. The molecule has 0 amide bonds. The average Bonchev–Trinajstić information content (AvgIpc) is 3.67. The maximum atomic E-state index is 13.6. The van der Waals surface area contributed by atoms with Crippen LogP contribution in [0.4, 0.5) is 0 Å². The Balaban J connectivity index is 1.30. The molecule has 210 valence electrons. The van der Waals surface area contributed by atoms with Gasteiger partial charge in [0.05, 0.1) is 19.8 Å². The van der Waals surface area contributed by atoms with Gasteiger partial charge in [0.25, 0.3) is 5.56 Å². The van der Waals surface area contributed by atoms with Crippen LogP contribution in [0.2, 0.25) is 0 Å². The summed E-state index contributed by atoms with van der Waals surface area (Å²) in [6, 6.07) is 16.1. The van der Waals surface area contributed by atoms with Gasteiger partial charge >= 0.3 is 0 Å². The highest BCUT2D eigenvalue weighted by molar-refractivity contribution is 5.80. The number of nitrogens with one attached hydrogen (secondary N) is 1. The normalized spacial score (nSPS) is 19.3. The highest BCUT2D eigenvalue weighted by Crippen LogP contribution is 2.29. The number of benzene rings is 2. The van der Waals surface area contributed by atoms with Gasteiger partial charge in [-0.1, -0.05) is 25.1 Å². The summed E-state index contributed by atoms with van der Waals surface area (Å²) in [5.74, 6) is 1.56. The van der Waals surface area contributed by atoms with Crippen LogP contribution in [0.5, 0.6) is 5.75 Å². The molecule has 2 aliphatic heterocycles. The number of tetrazole rings is 1. The van der Waals surface area contributed by atoms with Gasteiger partial charge in [0.1, 0.15) is 11.8 Å². The number of nitrogens with zero attached hydrogens (tertiary/aromatic N) is 6. The van der Waals surface area contributed by atoms with Gasteiger partial charge in [-0.15, -0.1) is 5.10 Å². The van der Waals surface area contributed by atoms with E-state index in [4.69, 9.17) is 9.47 Å². The maximum absolute atomic E-state index is 13.6. The Morgan fingerprint density at radius 2 is 1.88 bits per heavy atom. The first kappa shape index (κ1) is 26.6. The summed E-state index contributed by atoms with van der Waals surface area (Å²) in [5.41, 5.74) is 3.90. The van der Waals surface area contributed by atoms with Gasteiger partial charge in [-0.2, -0.15) is 0 Å². The lowest BCUT2D eigenvalue weighted by Crippen LogP contribution is -2.48. The number of piperazine rings is 1. The third kappa shape index (κ3) is 5.65. The van der Waals surface area contributed by atoms with E-state index in [0.717, 1.165) is 75.2 Å². The highest BCUT2D eigenvalue weighted by atomic mass is 16.5. The molecule has 0 radical (unpaired) electrons. The molecule has 6 rings (SSSR count). The van der Waals surface area contributed by atoms with E-state index in [9.17, 15) is 4.79 Å². The summed E-state index contributed by atoms with van der Waals surface area (Å²) in [6.45, 7) is 7.70.